The third-order valence-corrected chi connectivity index (χ3v) is 2.31. The molecule has 1 aromatic carbocycles. The monoisotopic (exact) mass is 244 g/mol. The van der Waals surface area contributed by atoms with Crippen molar-refractivity contribution in [3.8, 4) is 0 Å². The van der Waals surface area contributed by atoms with Crippen molar-refractivity contribution in [2.45, 2.75) is 6.10 Å². The van der Waals surface area contributed by atoms with Crippen LogP contribution in [0.3, 0.4) is 0 Å². The summed E-state index contributed by atoms with van der Waals surface area (Å²) in [6.45, 7) is 0.408. The van der Waals surface area contributed by atoms with Gasteiger partial charge < -0.3 is 4.74 Å². The largest absolute Gasteiger partial charge is 0.364 e. The van der Waals surface area contributed by atoms with Crippen molar-refractivity contribution in [3.05, 3.63) is 34.1 Å². The molecule has 1 aromatic rings. The predicted octanol–water partition coefficient (Wildman–Crippen LogP) is 2.17. The molecule has 0 aliphatic carbocycles. The molecule has 2 rings (SSSR count). The first-order valence-electron chi connectivity index (χ1n) is 3.79. The highest BCUT2D eigenvalue weighted by molar-refractivity contribution is 9.10. The van der Waals surface area contributed by atoms with Gasteiger partial charge >= 0.3 is 0 Å². The van der Waals surface area contributed by atoms with E-state index in [9.17, 15) is 9.18 Å². The Hall–Kier alpha value is -0.740. The van der Waals surface area contributed by atoms with Gasteiger partial charge in [-0.1, -0.05) is 15.9 Å². The zero-order chi connectivity index (χ0) is 9.42. The van der Waals surface area contributed by atoms with Crippen LogP contribution in [-0.4, -0.2) is 18.5 Å². The standard InChI is InChI=1S/C9H6BrFO2/c10-5-1-2-7(11)6(3-5)9(12)8-4-13-8/h1-3,8H,4H2. The number of carbonyl (C=O) groups is 1. The molecule has 0 spiro atoms. The van der Waals surface area contributed by atoms with E-state index >= 15 is 0 Å². The molecule has 1 heterocycles. The number of hydrogen-bond acceptors (Lipinski definition) is 2. The molecule has 68 valence electrons. The van der Waals surface area contributed by atoms with Gasteiger partial charge in [-0.05, 0) is 18.2 Å². The number of epoxide rings is 1. The molecule has 1 aliphatic rings. The lowest BCUT2D eigenvalue weighted by Crippen LogP contribution is -2.09. The van der Waals surface area contributed by atoms with Crippen LogP contribution in [0.5, 0.6) is 0 Å². The van der Waals surface area contributed by atoms with E-state index in [1.54, 1.807) is 6.07 Å². The Morgan fingerprint density at radius 3 is 2.92 bits per heavy atom. The molecular weight excluding hydrogens is 239 g/mol. The molecule has 0 saturated carbocycles. The summed E-state index contributed by atoms with van der Waals surface area (Å²) in [7, 11) is 0. The van der Waals surface area contributed by atoms with Crippen molar-refractivity contribution in [1.29, 1.82) is 0 Å². The van der Waals surface area contributed by atoms with Gasteiger partial charge in [0.15, 0.2) is 5.78 Å². The van der Waals surface area contributed by atoms with E-state index in [4.69, 9.17) is 4.74 Å². The second-order valence-corrected chi connectivity index (χ2v) is 3.73. The van der Waals surface area contributed by atoms with Gasteiger partial charge in [0, 0.05) is 4.47 Å². The van der Waals surface area contributed by atoms with E-state index < -0.39 is 11.9 Å². The zero-order valence-electron chi connectivity index (χ0n) is 6.59. The van der Waals surface area contributed by atoms with Gasteiger partial charge in [-0.3, -0.25) is 4.79 Å². The van der Waals surface area contributed by atoms with Crippen molar-refractivity contribution in [3.63, 3.8) is 0 Å². The molecule has 4 heteroatoms. The van der Waals surface area contributed by atoms with E-state index in [1.807, 2.05) is 0 Å². The van der Waals surface area contributed by atoms with Gasteiger partial charge in [-0.15, -0.1) is 0 Å². The second kappa shape index (κ2) is 3.20. The van der Waals surface area contributed by atoms with Gasteiger partial charge in [0.1, 0.15) is 11.9 Å². The molecule has 0 N–H and O–H groups in total. The smallest absolute Gasteiger partial charge is 0.196 e. The first-order chi connectivity index (χ1) is 6.18. The Kier molecular flexibility index (Phi) is 2.17. The SMILES string of the molecule is O=C(c1cc(Br)ccc1F)C1CO1. The van der Waals surface area contributed by atoms with E-state index in [2.05, 4.69) is 15.9 Å². The molecular formula is C9H6BrFO2. The van der Waals surface area contributed by atoms with Crippen LogP contribution in [0.1, 0.15) is 10.4 Å². The summed E-state index contributed by atoms with van der Waals surface area (Å²) in [6.07, 6.45) is -0.427. The first kappa shape index (κ1) is 8.84. The lowest BCUT2D eigenvalue weighted by atomic mass is 10.1. The summed E-state index contributed by atoms with van der Waals surface area (Å²) in [6, 6.07) is 4.29. The number of ketones is 1. The molecule has 2 nitrogen and oxygen atoms in total. The lowest BCUT2D eigenvalue weighted by Gasteiger charge is -1.99. The maximum Gasteiger partial charge on any atom is 0.196 e. The average Bonchev–Trinajstić information content (AvgIpc) is 2.91. The Morgan fingerprint density at radius 2 is 2.31 bits per heavy atom. The van der Waals surface area contributed by atoms with Gasteiger partial charge in [0.2, 0.25) is 0 Å². The second-order valence-electron chi connectivity index (χ2n) is 2.81. The predicted molar refractivity (Wildman–Crippen MR) is 48.2 cm³/mol. The fourth-order valence-corrected chi connectivity index (χ4v) is 1.42. The van der Waals surface area contributed by atoms with E-state index in [0.717, 1.165) is 0 Å². The maximum absolute atomic E-state index is 13.1. The van der Waals surface area contributed by atoms with E-state index in [0.29, 0.717) is 11.1 Å². The Morgan fingerprint density at radius 1 is 1.62 bits per heavy atom. The van der Waals surface area contributed by atoms with Crippen LogP contribution in [0.2, 0.25) is 0 Å². The Balaban J connectivity index is 2.37. The van der Waals surface area contributed by atoms with Crippen molar-refractivity contribution in [1.82, 2.24) is 0 Å². The van der Waals surface area contributed by atoms with Crippen molar-refractivity contribution < 1.29 is 13.9 Å². The molecule has 0 bridgehead atoms. The zero-order valence-corrected chi connectivity index (χ0v) is 8.17. The molecule has 0 radical (unpaired) electrons. The van der Waals surface area contributed by atoms with Gasteiger partial charge in [0.25, 0.3) is 0 Å². The fraction of sp³-hybridized carbons (Fsp3) is 0.222. The maximum atomic E-state index is 13.1. The third kappa shape index (κ3) is 1.78. The molecule has 1 atom stereocenters. The Labute approximate surface area is 82.8 Å². The Bertz CT molecular complexity index is 361. The topological polar surface area (TPSA) is 29.6 Å². The van der Waals surface area contributed by atoms with Crippen LogP contribution in [0.25, 0.3) is 0 Å². The van der Waals surface area contributed by atoms with Crippen LogP contribution in [-0.2, 0) is 4.74 Å². The number of rotatable bonds is 2. The molecule has 13 heavy (non-hydrogen) atoms. The average molecular weight is 245 g/mol. The fourth-order valence-electron chi connectivity index (χ4n) is 1.06. The summed E-state index contributed by atoms with van der Waals surface area (Å²) >= 11 is 3.17. The van der Waals surface area contributed by atoms with Crippen molar-refractivity contribution >= 4 is 21.7 Å². The third-order valence-electron chi connectivity index (χ3n) is 1.82. The molecule has 1 saturated heterocycles. The highest BCUT2D eigenvalue weighted by Crippen LogP contribution is 2.21. The summed E-state index contributed by atoms with van der Waals surface area (Å²) in [5.41, 5.74) is 0.0943. The summed E-state index contributed by atoms with van der Waals surface area (Å²) in [5, 5.41) is 0. The highest BCUT2D eigenvalue weighted by Gasteiger charge is 2.33. The highest BCUT2D eigenvalue weighted by atomic mass is 79.9. The number of hydrogen-bond donors (Lipinski definition) is 0. The molecule has 0 amide bonds. The number of Topliss-reactive ketones (excluding diaryl/α,β-unsaturated/α-hetero) is 1. The summed E-state index contributed by atoms with van der Waals surface area (Å²) in [5.74, 6) is -0.775. The van der Waals surface area contributed by atoms with Crippen LogP contribution < -0.4 is 0 Å². The quantitative estimate of drug-likeness (QED) is 0.590. The van der Waals surface area contributed by atoms with Gasteiger partial charge in [0.05, 0.1) is 12.2 Å². The van der Waals surface area contributed by atoms with E-state index in [-0.39, 0.29) is 11.3 Å². The number of halogens is 2. The van der Waals surface area contributed by atoms with Crippen LogP contribution in [0, 0.1) is 5.82 Å². The minimum atomic E-state index is -0.497. The molecule has 1 unspecified atom stereocenters. The van der Waals surface area contributed by atoms with Crippen molar-refractivity contribution in [2.24, 2.45) is 0 Å². The molecule has 0 aromatic heterocycles. The minimum Gasteiger partial charge on any atom is -0.364 e. The van der Waals surface area contributed by atoms with Crippen LogP contribution in [0.4, 0.5) is 4.39 Å². The van der Waals surface area contributed by atoms with E-state index in [1.165, 1.54) is 12.1 Å². The van der Waals surface area contributed by atoms with Crippen LogP contribution >= 0.6 is 15.9 Å². The number of benzene rings is 1. The molecule has 1 fully saturated rings. The lowest BCUT2D eigenvalue weighted by molar-refractivity contribution is 0.0949. The van der Waals surface area contributed by atoms with Crippen molar-refractivity contribution in [2.75, 3.05) is 6.61 Å². The van der Waals surface area contributed by atoms with Gasteiger partial charge in [-0.25, -0.2) is 4.39 Å². The first-order valence-corrected chi connectivity index (χ1v) is 4.58. The number of carbonyl (C=O) groups excluding carboxylic acids is 1. The molecule has 1 aliphatic heterocycles. The summed E-state index contributed by atoms with van der Waals surface area (Å²) < 4.78 is 18.6. The normalized spacial score (nSPS) is 20.0. The van der Waals surface area contributed by atoms with Crippen LogP contribution in [0.15, 0.2) is 22.7 Å². The van der Waals surface area contributed by atoms with Gasteiger partial charge in [-0.2, -0.15) is 0 Å². The summed E-state index contributed by atoms with van der Waals surface area (Å²) in [4.78, 5) is 11.4. The number of ether oxygens (including phenoxy) is 1. The minimum absolute atomic E-state index is 0.0943.